The van der Waals surface area contributed by atoms with Gasteiger partial charge >= 0.3 is 0 Å². The van der Waals surface area contributed by atoms with Crippen LogP contribution in [0.15, 0.2) is 29.2 Å². The summed E-state index contributed by atoms with van der Waals surface area (Å²) in [4.78, 5) is 15.8. The molecule has 0 radical (unpaired) electrons. The van der Waals surface area contributed by atoms with Crippen LogP contribution in [-0.2, 0) is 0 Å². The first-order valence-corrected chi connectivity index (χ1v) is 8.08. The van der Waals surface area contributed by atoms with Crippen molar-refractivity contribution in [3.63, 3.8) is 0 Å². The Labute approximate surface area is 119 Å². The number of nitrogens with one attached hydrogen (secondary N) is 1. The van der Waals surface area contributed by atoms with Crippen LogP contribution < -0.4 is 5.32 Å². The average molecular weight is 278 g/mol. The molecule has 1 aromatic carbocycles. The molecule has 1 amide bonds. The summed E-state index contributed by atoms with van der Waals surface area (Å²) in [6, 6.07) is 8.27. The number of carbonyl (C=O) groups excluding carboxylic acids is 1. The van der Waals surface area contributed by atoms with Gasteiger partial charge in [-0.15, -0.1) is 11.8 Å². The third-order valence-electron chi connectivity index (χ3n) is 3.66. The SMILES string of the molecule is CNCC1CCCCN1C(=O)c1ccc(SC)cc1. The highest BCUT2D eigenvalue weighted by atomic mass is 32.2. The van der Waals surface area contributed by atoms with Gasteiger partial charge in [-0.05, 0) is 56.8 Å². The van der Waals surface area contributed by atoms with Gasteiger partial charge in [-0.1, -0.05) is 0 Å². The van der Waals surface area contributed by atoms with Crippen molar-refractivity contribution in [2.75, 3.05) is 26.4 Å². The van der Waals surface area contributed by atoms with Crippen molar-refractivity contribution in [1.82, 2.24) is 10.2 Å². The van der Waals surface area contributed by atoms with Gasteiger partial charge in [0.1, 0.15) is 0 Å². The maximum absolute atomic E-state index is 12.6. The fourth-order valence-electron chi connectivity index (χ4n) is 2.62. The van der Waals surface area contributed by atoms with E-state index in [0.29, 0.717) is 6.04 Å². The van der Waals surface area contributed by atoms with Crippen LogP contribution in [0.1, 0.15) is 29.6 Å². The second-order valence-electron chi connectivity index (χ2n) is 4.93. The van der Waals surface area contributed by atoms with Crippen LogP contribution in [0.4, 0.5) is 0 Å². The van der Waals surface area contributed by atoms with E-state index < -0.39 is 0 Å². The number of carbonyl (C=O) groups is 1. The molecule has 1 heterocycles. The minimum Gasteiger partial charge on any atom is -0.334 e. The lowest BCUT2D eigenvalue weighted by atomic mass is 10.0. The normalized spacial score (nSPS) is 19.5. The molecule has 0 aliphatic carbocycles. The predicted octanol–water partition coefficient (Wildman–Crippen LogP) is 2.62. The summed E-state index contributed by atoms with van der Waals surface area (Å²) in [6.45, 7) is 1.77. The van der Waals surface area contributed by atoms with Gasteiger partial charge in [-0.3, -0.25) is 4.79 Å². The average Bonchev–Trinajstić information content (AvgIpc) is 2.47. The molecule has 1 N–H and O–H groups in total. The first-order valence-electron chi connectivity index (χ1n) is 6.86. The van der Waals surface area contributed by atoms with E-state index in [-0.39, 0.29) is 5.91 Å². The van der Waals surface area contributed by atoms with Crippen LogP contribution in [0.25, 0.3) is 0 Å². The molecule has 3 nitrogen and oxygen atoms in total. The Kier molecular flexibility index (Phi) is 5.28. The Morgan fingerprint density at radius 1 is 1.37 bits per heavy atom. The molecule has 1 aliphatic heterocycles. The minimum atomic E-state index is 0.174. The fourth-order valence-corrected chi connectivity index (χ4v) is 3.02. The molecule has 2 rings (SSSR count). The lowest BCUT2D eigenvalue weighted by Gasteiger charge is -2.35. The number of piperidine rings is 1. The van der Waals surface area contributed by atoms with E-state index in [1.807, 2.05) is 42.5 Å². The summed E-state index contributed by atoms with van der Waals surface area (Å²) in [5, 5.41) is 3.19. The Hall–Kier alpha value is -1.00. The van der Waals surface area contributed by atoms with E-state index in [4.69, 9.17) is 0 Å². The van der Waals surface area contributed by atoms with Crippen molar-refractivity contribution in [3.05, 3.63) is 29.8 Å². The van der Waals surface area contributed by atoms with Gasteiger partial charge in [0.15, 0.2) is 0 Å². The van der Waals surface area contributed by atoms with Crippen LogP contribution >= 0.6 is 11.8 Å². The number of likely N-dealkylation sites (tertiary alicyclic amines) is 1. The lowest BCUT2D eigenvalue weighted by Crippen LogP contribution is -2.48. The van der Waals surface area contributed by atoms with Gasteiger partial charge in [-0.2, -0.15) is 0 Å². The summed E-state index contributed by atoms with van der Waals surface area (Å²) in [6.07, 6.45) is 5.50. The van der Waals surface area contributed by atoms with Crippen molar-refractivity contribution in [1.29, 1.82) is 0 Å². The summed E-state index contributed by atoms with van der Waals surface area (Å²) in [7, 11) is 1.95. The number of hydrogen-bond acceptors (Lipinski definition) is 3. The zero-order valence-corrected chi connectivity index (χ0v) is 12.5. The van der Waals surface area contributed by atoms with Crippen molar-refractivity contribution in [2.45, 2.75) is 30.2 Å². The Morgan fingerprint density at radius 2 is 2.11 bits per heavy atom. The molecule has 104 valence electrons. The summed E-state index contributed by atoms with van der Waals surface area (Å²) < 4.78 is 0. The van der Waals surface area contributed by atoms with Gasteiger partial charge in [-0.25, -0.2) is 0 Å². The number of benzene rings is 1. The zero-order chi connectivity index (χ0) is 13.7. The molecule has 1 saturated heterocycles. The molecular weight excluding hydrogens is 256 g/mol. The molecule has 19 heavy (non-hydrogen) atoms. The van der Waals surface area contributed by atoms with Crippen LogP contribution in [0.3, 0.4) is 0 Å². The van der Waals surface area contributed by atoms with Crippen molar-refractivity contribution < 1.29 is 4.79 Å². The summed E-state index contributed by atoms with van der Waals surface area (Å²) >= 11 is 1.70. The Bertz CT molecular complexity index is 417. The van der Waals surface area contributed by atoms with Crippen molar-refractivity contribution in [3.8, 4) is 0 Å². The molecule has 1 fully saturated rings. The van der Waals surface area contributed by atoms with E-state index in [2.05, 4.69) is 5.32 Å². The van der Waals surface area contributed by atoms with E-state index >= 15 is 0 Å². The quantitative estimate of drug-likeness (QED) is 0.859. The number of amides is 1. The summed E-state index contributed by atoms with van der Waals surface area (Å²) in [5.41, 5.74) is 0.806. The predicted molar refractivity (Wildman–Crippen MR) is 80.8 cm³/mol. The molecule has 0 spiro atoms. The van der Waals surface area contributed by atoms with Crippen LogP contribution in [-0.4, -0.2) is 43.2 Å². The number of hydrogen-bond donors (Lipinski definition) is 1. The highest BCUT2D eigenvalue weighted by Crippen LogP contribution is 2.21. The number of thioether (sulfide) groups is 1. The van der Waals surface area contributed by atoms with E-state index in [0.717, 1.165) is 31.5 Å². The Morgan fingerprint density at radius 3 is 2.74 bits per heavy atom. The molecule has 1 aromatic rings. The fraction of sp³-hybridized carbons (Fsp3) is 0.533. The molecule has 4 heteroatoms. The molecule has 0 aromatic heterocycles. The highest BCUT2D eigenvalue weighted by Gasteiger charge is 2.26. The Balaban J connectivity index is 2.11. The second-order valence-corrected chi connectivity index (χ2v) is 5.81. The standard InChI is InChI=1S/C15H22N2OS/c1-16-11-13-5-3-4-10-17(13)15(18)12-6-8-14(19-2)9-7-12/h6-9,13,16H,3-5,10-11H2,1-2H3. The minimum absolute atomic E-state index is 0.174. The first-order chi connectivity index (χ1) is 9.26. The zero-order valence-electron chi connectivity index (χ0n) is 11.7. The molecule has 1 aliphatic rings. The van der Waals surface area contributed by atoms with Gasteiger partial charge in [0.2, 0.25) is 0 Å². The van der Waals surface area contributed by atoms with Gasteiger partial charge in [0.05, 0.1) is 0 Å². The molecule has 1 atom stereocenters. The van der Waals surface area contributed by atoms with Crippen LogP contribution in [0.5, 0.6) is 0 Å². The number of likely N-dealkylation sites (N-methyl/N-ethyl adjacent to an activating group) is 1. The van der Waals surface area contributed by atoms with Gasteiger partial charge < -0.3 is 10.2 Å². The third-order valence-corrected chi connectivity index (χ3v) is 4.41. The lowest BCUT2D eigenvalue weighted by molar-refractivity contribution is 0.0615. The van der Waals surface area contributed by atoms with Crippen molar-refractivity contribution >= 4 is 17.7 Å². The third kappa shape index (κ3) is 3.51. The maximum atomic E-state index is 12.6. The van der Waals surface area contributed by atoms with Crippen LogP contribution in [0, 0.1) is 0 Å². The summed E-state index contributed by atoms with van der Waals surface area (Å²) in [5.74, 6) is 0.174. The molecule has 1 unspecified atom stereocenters. The van der Waals surface area contributed by atoms with E-state index in [1.54, 1.807) is 11.8 Å². The highest BCUT2D eigenvalue weighted by molar-refractivity contribution is 7.98. The number of nitrogens with zero attached hydrogens (tertiary/aromatic N) is 1. The van der Waals surface area contributed by atoms with Gasteiger partial charge in [0, 0.05) is 29.6 Å². The largest absolute Gasteiger partial charge is 0.334 e. The molecular formula is C15H22N2OS. The number of rotatable bonds is 4. The van der Waals surface area contributed by atoms with E-state index in [1.165, 1.54) is 11.3 Å². The van der Waals surface area contributed by atoms with Crippen LogP contribution in [0.2, 0.25) is 0 Å². The van der Waals surface area contributed by atoms with E-state index in [9.17, 15) is 4.79 Å². The first kappa shape index (κ1) is 14.4. The second kappa shape index (κ2) is 6.96. The topological polar surface area (TPSA) is 32.3 Å². The van der Waals surface area contributed by atoms with Gasteiger partial charge in [0.25, 0.3) is 5.91 Å². The van der Waals surface area contributed by atoms with Crippen molar-refractivity contribution in [2.24, 2.45) is 0 Å². The molecule has 0 saturated carbocycles. The smallest absolute Gasteiger partial charge is 0.254 e. The monoisotopic (exact) mass is 278 g/mol. The molecule has 0 bridgehead atoms. The maximum Gasteiger partial charge on any atom is 0.254 e.